The van der Waals surface area contributed by atoms with Crippen LogP contribution in [0, 0.1) is 5.92 Å². The minimum atomic E-state index is -0.651. The highest BCUT2D eigenvalue weighted by atomic mass is 35.5. The first kappa shape index (κ1) is 16.7. The summed E-state index contributed by atoms with van der Waals surface area (Å²) in [6.07, 6.45) is 1.39. The van der Waals surface area contributed by atoms with E-state index in [0.717, 1.165) is 32.5 Å². The van der Waals surface area contributed by atoms with Crippen LogP contribution in [0.15, 0.2) is 12.1 Å². The van der Waals surface area contributed by atoms with Crippen molar-refractivity contribution in [2.24, 2.45) is 5.92 Å². The van der Waals surface area contributed by atoms with Gasteiger partial charge in [-0.3, -0.25) is 9.69 Å². The second kappa shape index (κ2) is 6.18. The van der Waals surface area contributed by atoms with Crippen LogP contribution < -0.4 is 9.64 Å². The molecule has 25 heavy (non-hydrogen) atoms. The number of esters is 1. The topological polar surface area (TPSA) is 59.1 Å². The normalized spacial score (nSPS) is 30.7. The number of fused-ring (bicyclic) bond motifs is 4. The number of ether oxygens (including phenoxy) is 2. The largest absolute Gasteiger partial charge is 0.478 e. The number of benzene rings is 1. The maximum absolute atomic E-state index is 12.8. The number of halogens is 1. The van der Waals surface area contributed by atoms with Gasteiger partial charge in [-0.05, 0) is 50.9 Å². The highest BCUT2D eigenvalue weighted by molar-refractivity contribution is 6.31. The quantitative estimate of drug-likeness (QED) is 0.754. The van der Waals surface area contributed by atoms with Gasteiger partial charge in [0.15, 0.2) is 11.9 Å². The van der Waals surface area contributed by atoms with E-state index in [2.05, 4.69) is 4.90 Å². The second-order valence-electron chi connectivity index (χ2n) is 7.04. The standard InChI is InChI=1S/C18H21ClN2O4/c1-10-17(22)20(2)14-8-12(19)7-13(16(14)24-10)18(23)25-15-9-21-5-3-11(15)4-6-21/h7-8,10-11,15H,3-6,9H2,1-2H3. The lowest BCUT2D eigenvalue weighted by Crippen LogP contribution is -2.52. The van der Waals surface area contributed by atoms with Crippen LogP contribution in [0.3, 0.4) is 0 Å². The molecule has 7 heteroatoms. The van der Waals surface area contributed by atoms with Crippen LogP contribution in [0.4, 0.5) is 5.69 Å². The van der Waals surface area contributed by atoms with Gasteiger partial charge in [-0.2, -0.15) is 0 Å². The zero-order valence-electron chi connectivity index (χ0n) is 14.3. The van der Waals surface area contributed by atoms with Crippen molar-refractivity contribution in [2.45, 2.75) is 32.0 Å². The van der Waals surface area contributed by atoms with Crippen molar-refractivity contribution in [2.75, 3.05) is 31.6 Å². The summed E-state index contributed by atoms with van der Waals surface area (Å²) in [6.45, 7) is 4.62. The predicted molar refractivity (Wildman–Crippen MR) is 93.3 cm³/mol. The molecule has 1 aromatic rings. The summed E-state index contributed by atoms with van der Waals surface area (Å²) in [5.41, 5.74) is 0.779. The first-order valence-corrected chi connectivity index (χ1v) is 9.03. The van der Waals surface area contributed by atoms with E-state index >= 15 is 0 Å². The lowest BCUT2D eigenvalue weighted by Gasteiger charge is -2.44. The van der Waals surface area contributed by atoms with Crippen LogP contribution in [-0.2, 0) is 9.53 Å². The number of likely N-dealkylation sites (N-methyl/N-ethyl adjacent to an activating group) is 1. The number of carbonyl (C=O) groups is 2. The molecule has 0 saturated carbocycles. The smallest absolute Gasteiger partial charge is 0.342 e. The van der Waals surface area contributed by atoms with E-state index < -0.39 is 12.1 Å². The molecule has 0 aliphatic carbocycles. The second-order valence-corrected chi connectivity index (χ2v) is 7.48. The van der Waals surface area contributed by atoms with Gasteiger partial charge in [-0.25, -0.2) is 4.79 Å². The fourth-order valence-electron chi connectivity index (χ4n) is 3.97. The zero-order valence-corrected chi connectivity index (χ0v) is 15.1. The van der Waals surface area contributed by atoms with E-state index in [4.69, 9.17) is 21.1 Å². The highest BCUT2D eigenvalue weighted by Gasteiger charge is 2.38. The Hall–Kier alpha value is -1.79. The maximum atomic E-state index is 12.8. The van der Waals surface area contributed by atoms with Gasteiger partial charge in [0.25, 0.3) is 5.91 Å². The number of nitrogens with zero attached hydrogens (tertiary/aromatic N) is 2. The molecule has 5 rings (SSSR count). The molecule has 0 N–H and O–H groups in total. The van der Waals surface area contributed by atoms with Crippen molar-refractivity contribution in [3.63, 3.8) is 0 Å². The minimum Gasteiger partial charge on any atom is -0.478 e. The molecular weight excluding hydrogens is 344 g/mol. The van der Waals surface area contributed by atoms with Gasteiger partial charge in [-0.15, -0.1) is 0 Å². The number of amides is 1. The van der Waals surface area contributed by atoms with Gasteiger partial charge in [0.1, 0.15) is 11.7 Å². The Morgan fingerprint density at radius 2 is 2.04 bits per heavy atom. The first-order chi connectivity index (χ1) is 11.9. The fourth-order valence-corrected chi connectivity index (χ4v) is 4.18. The molecule has 0 aromatic heterocycles. The molecule has 3 fully saturated rings. The van der Waals surface area contributed by atoms with Crippen LogP contribution in [0.5, 0.6) is 5.75 Å². The van der Waals surface area contributed by atoms with E-state index in [1.807, 2.05) is 0 Å². The highest BCUT2D eigenvalue weighted by Crippen LogP contribution is 2.40. The molecule has 1 amide bonds. The lowest BCUT2D eigenvalue weighted by molar-refractivity contribution is -0.125. The Bertz CT molecular complexity index is 730. The summed E-state index contributed by atoms with van der Waals surface area (Å²) in [5, 5.41) is 0.373. The number of hydrogen-bond acceptors (Lipinski definition) is 5. The summed E-state index contributed by atoms with van der Waals surface area (Å²) >= 11 is 6.17. The van der Waals surface area contributed by atoms with Crippen molar-refractivity contribution in [1.29, 1.82) is 0 Å². The van der Waals surface area contributed by atoms with Crippen LogP contribution in [0.1, 0.15) is 30.1 Å². The molecule has 3 saturated heterocycles. The average Bonchev–Trinajstić information content (AvgIpc) is 2.61. The Balaban J connectivity index is 1.63. The monoisotopic (exact) mass is 364 g/mol. The summed E-state index contributed by atoms with van der Waals surface area (Å²) in [5.74, 6) is 0.178. The molecule has 2 bridgehead atoms. The van der Waals surface area contributed by atoms with Crippen molar-refractivity contribution in [1.82, 2.24) is 4.90 Å². The number of anilines is 1. The molecule has 4 aliphatic rings. The van der Waals surface area contributed by atoms with Crippen LogP contribution in [0.2, 0.25) is 5.02 Å². The van der Waals surface area contributed by atoms with Gasteiger partial charge in [0.05, 0.1) is 5.69 Å². The zero-order chi connectivity index (χ0) is 17.7. The maximum Gasteiger partial charge on any atom is 0.342 e. The molecule has 4 heterocycles. The van der Waals surface area contributed by atoms with Crippen molar-refractivity contribution < 1.29 is 19.1 Å². The van der Waals surface area contributed by atoms with Gasteiger partial charge < -0.3 is 14.4 Å². The summed E-state index contributed by atoms with van der Waals surface area (Å²) in [7, 11) is 1.65. The van der Waals surface area contributed by atoms with Crippen LogP contribution >= 0.6 is 11.6 Å². The molecule has 2 atom stereocenters. The predicted octanol–water partition coefficient (Wildman–Crippen LogP) is 2.33. The molecular formula is C18H21ClN2O4. The number of rotatable bonds is 2. The van der Waals surface area contributed by atoms with Gasteiger partial charge in [0, 0.05) is 18.6 Å². The summed E-state index contributed by atoms with van der Waals surface area (Å²) in [6, 6.07) is 3.19. The SMILES string of the molecule is CC1Oc2c(C(=O)OC3CN4CCC3CC4)cc(Cl)cc2N(C)C1=O. The molecule has 134 valence electrons. The first-order valence-electron chi connectivity index (χ1n) is 8.65. The van der Waals surface area contributed by atoms with Gasteiger partial charge in [-0.1, -0.05) is 11.6 Å². The molecule has 2 unspecified atom stereocenters. The third-order valence-corrected chi connectivity index (χ3v) is 5.66. The number of carbonyl (C=O) groups excluding carboxylic acids is 2. The van der Waals surface area contributed by atoms with Crippen LogP contribution in [-0.4, -0.2) is 55.7 Å². The van der Waals surface area contributed by atoms with Crippen molar-refractivity contribution >= 4 is 29.2 Å². The minimum absolute atomic E-state index is 0.0926. The fraction of sp³-hybridized carbons (Fsp3) is 0.556. The van der Waals surface area contributed by atoms with Gasteiger partial charge >= 0.3 is 5.97 Å². The Morgan fingerprint density at radius 1 is 1.32 bits per heavy atom. The van der Waals surface area contributed by atoms with E-state index in [1.54, 1.807) is 26.1 Å². The molecule has 1 aromatic carbocycles. The van der Waals surface area contributed by atoms with E-state index in [1.165, 1.54) is 4.90 Å². The van der Waals surface area contributed by atoms with Crippen molar-refractivity contribution in [3.8, 4) is 5.75 Å². The van der Waals surface area contributed by atoms with Gasteiger partial charge in [0.2, 0.25) is 0 Å². The Kier molecular flexibility index (Phi) is 4.12. The van der Waals surface area contributed by atoms with Crippen molar-refractivity contribution in [3.05, 3.63) is 22.7 Å². The molecule has 6 nitrogen and oxygen atoms in total. The summed E-state index contributed by atoms with van der Waals surface area (Å²) < 4.78 is 11.5. The van der Waals surface area contributed by atoms with E-state index in [-0.39, 0.29) is 17.6 Å². The molecule has 4 aliphatic heterocycles. The number of hydrogen-bond donors (Lipinski definition) is 0. The van der Waals surface area contributed by atoms with E-state index in [0.29, 0.717) is 22.4 Å². The Labute approximate surface area is 151 Å². The molecule has 0 spiro atoms. The number of piperidine rings is 3. The van der Waals surface area contributed by atoms with E-state index in [9.17, 15) is 9.59 Å². The summed E-state index contributed by atoms with van der Waals surface area (Å²) in [4.78, 5) is 28.7. The average molecular weight is 365 g/mol. The third-order valence-electron chi connectivity index (χ3n) is 5.44. The lowest BCUT2D eigenvalue weighted by atomic mass is 9.86. The molecule has 0 radical (unpaired) electrons. The Morgan fingerprint density at radius 3 is 2.68 bits per heavy atom. The third kappa shape index (κ3) is 2.87. The van der Waals surface area contributed by atoms with Crippen LogP contribution in [0.25, 0.3) is 0 Å².